The van der Waals surface area contributed by atoms with E-state index in [1.54, 1.807) is 0 Å². The zero-order valence-electron chi connectivity index (χ0n) is 14.0. The largest absolute Gasteiger partial charge is 0.337 e. The lowest BCUT2D eigenvalue weighted by Gasteiger charge is -2.22. The van der Waals surface area contributed by atoms with Crippen molar-refractivity contribution in [3.8, 4) is 0 Å². The first-order chi connectivity index (χ1) is 11.5. The summed E-state index contributed by atoms with van der Waals surface area (Å²) in [6.07, 6.45) is 0. The number of pyridine rings is 1. The molecule has 1 aromatic carbocycles. The molecule has 0 atom stereocenters. The van der Waals surface area contributed by atoms with Gasteiger partial charge in [0.25, 0.3) is 5.91 Å². The van der Waals surface area contributed by atoms with Crippen LogP contribution in [0.1, 0.15) is 16.6 Å². The molecule has 2 heterocycles. The molecule has 0 spiro atoms. The van der Waals surface area contributed by atoms with E-state index < -0.39 is 0 Å². The van der Waals surface area contributed by atoms with E-state index in [2.05, 4.69) is 9.88 Å². The molecule has 0 bridgehead atoms. The number of hydrogen-bond donors (Lipinski definition) is 0. The molecule has 6 heteroatoms. The summed E-state index contributed by atoms with van der Waals surface area (Å²) in [7, 11) is 4.02. The molecule has 3 rings (SSSR count). The van der Waals surface area contributed by atoms with Crippen molar-refractivity contribution < 1.29 is 4.79 Å². The van der Waals surface area contributed by atoms with Crippen LogP contribution in [-0.2, 0) is 0 Å². The number of carbonyl (C=O) groups excluding carboxylic acids is 1. The Hall–Kier alpha value is -1.69. The Labute approximate surface area is 150 Å². The number of aromatic nitrogens is 1. The van der Waals surface area contributed by atoms with Crippen molar-refractivity contribution >= 4 is 49.8 Å². The second-order valence-electron chi connectivity index (χ2n) is 5.96. The van der Waals surface area contributed by atoms with Gasteiger partial charge in [0, 0.05) is 35.1 Å². The monoisotopic (exact) mass is 361 g/mol. The Kier molecular flexibility index (Phi) is 5.04. The normalized spacial score (nSPS) is 11.5. The Morgan fingerprint density at radius 1 is 1.21 bits per heavy atom. The molecule has 1 amide bonds. The minimum absolute atomic E-state index is 0.0562. The molecule has 3 aromatic rings. The summed E-state index contributed by atoms with van der Waals surface area (Å²) in [6.45, 7) is 4.25. The van der Waals surface area contributed by atoms with Crippen LogP contribution in [0, 0.1) is 0 Å². The Balaban J connectivity index is 2.02. The predicted molar refractivity (Wildman–Crippen MR) is 102 cm³/mol. The fourth-order valence-corrected chi connectivity index (χ4v) is 4.12. The maximum Gasteiger partial charge on any atom is 0.263 e. The molecule has 24 heavy (non-hydrogen) atoms. The Morgan fingerprint density at radius 3 is 2.67 bits per heavy atom. The van der Waals surface area contributed by atoms with Crippen molar-refractivity contribution in [2.75, 3.05) is 33.7 Å². The van der Waals surface area contributed by atoms with Crippen molar-refractivity contribution in [1.29, 1.82) is 0 Å². The number of likely N-dealkylation sites (N-methyl/N-ethyl adjacent to an activating group) is 2. The van der Waals surface area contributed by atoms with Gasteiger partial charge in [0.1, 0.15) is 5.15 Å². The smallest absolute Gasteiger partial charge is 0.263 e. The van der Waals surface area contributed by atoms with Crippen LogP contribution < -0.4 is 0 Å². The summed E-state index contributed by atoms with van der Waals surface area (Å²) < 4.78 is 1.03. The van der Waals surface area contributed by atoms with Gasteiger partial charge in [-0.2, -0.15) is 0 Å². The van der Waals surface area contributed by atoms with Crippen LogP contribution in [0.4, 0.5) is 0 Å². The number of para-hydroxylation sites is 1. The molecule has 0 unspecified atom stereocenters. The first-order valence-corrected chi connectivity index (χ1v) is 9.12. The highest BCUT2D eigenvalue weighted by Gasteiger charge is 2.19. The summed E-state index contributed by atoms with van der Waals surface area (Å²) in [5, 5.41) is 2.35. The summed E-state index contributed by atoms with van der Waals surface area (Å²) in [5.41, 5.74) is 0.857. The van der Waals surface area contributed by atoms with Crippen molar-refractivity contribution in [3.63, 3.8) is 0 Å². The molecule has 0 saturated carbocycles. The lowest BCUT2D eigenvalue weighted by molar-refractivity contribution is 0.0759. The van der Waals surface area contributed by atoms with Gasteiger partial charge >= 0.3 is 0 Å². The maximum absolute atomic E-state index is 12.9. The van der Waals surface area contributed by atoms with Crippen molar-refractivity contribution in [3.05, 3.63) is 40.4 Å². The fraction of sp³-hybridized carbons (Fsp3) is 0.333. The number of thiophene rings is 1. The standard InChI is InChI=1S/C18H20ClN3OS/c1-4-22(10-9-21(2)3)18(23)15-11-13-16(24-15)12-7-5-6-8-14(12)20-17(13)19/h5-8,11H,4,9-10H2,1-3H3. The van der Waals surface area contributed by atoms with Crippen LogP contribution in [-0.4, -0.2) is 54.4 Å². The third-order valence-electron chi connectivity index (χ3n) is 4.02. The number of halogens is 1. The molecule has 0 aliphatic heterocycles. The number of amides is 1. The summed E-state index contributed by atoms with van der Waals surface area (Å²) in [4.78, 5) is 22.0. The number of nitrogens with zero attached hydrogens (tertiary/aromatic N) is 3. The summed E-state index contributed by atoms with van der Waals surface area (Å²) in [6, 6.07) is 9.76. The van der Waals surface area contributed by atoms with E-state index in [0.717, 1.165) is 27.5 Å². The van der Waals surface area contributed by atoms with Gasteiger partial charge in [-0.3, -0.25) is 4.79 Å². The van der Waals surface area contributed by atoms with Crippen LogP contribution in [0.3, 0.4) is 0 Å². The minimum Gasteiger partial charge on any atom is -0.337 e. The van der Waals surface area contributed by atoms with E-state index in [-0.39, 0.29) is 5.91 Å². The maximum atomic E-state index is 12.9. The average molecular weight is 362 g/mol. The van der Waals surface area contributed by atoms with Crippen molar-refractivity contribution in [2.45, 2.75) is 6.92 Å². The molecule has 2 aromatic heterocycles. The first kappa shape index (κ1) is 17.1. The fourth-order valence-electron chi connectivity index (χ4n) is 2.66. The van der Waals surface area contributed by atoms with Crippen LogP contribution in [0.2, 0.25) is 5.15 Å². The second-order valence-corrected chi connectivity index (χ2v) is 7.37. The molecule has 0 radical (unpaired) electrons. The lowest BCUT2D eigenvalue weighted by Crippen LogP contribution is -2.36. The number of rotatable bonds is 5. The highest BCUT2D eigenvalue weighted by molar-refractivity contribution is 7.21. The van der Waals surface area contributed by atoms with Gasteiger partial charge in [0.05, 0.1) is 10.4 Å². The highest BCUT2D eigenvalue weighted by atomic mass is 35.5. The predicted octanol–water partition coefficient (Wildman–Crippen LogP) is 4.13. The number of hydrogen-bond acceptors (Lipinski definition) is 4. The van der Waals surface area contributed by atoms with E-state index >= 15 is 0 Å². The average Bonchev–Trinajstić information content (AvgIpc) is 3.01. The third-order valence-corrected chi connectivity index (χ3v) is 5.46. The number of carbonyl (C=O) groups is 1. The molecule has 126 valence electrons. The van der Waals surface area contributed by atoms with E-state index in [0.29, 0.717) is 23.1 Å². The molecule has 0 aliphatic rings. The van der Waals surface area contributed by atoms with Crippen molar-refractivity contribution in [1.82, 2.24) is 14.8 Å². The zero-order chi connectivity index (χ0) is 17.3. The zero-order valence-corrected chi connectivity index (χ0v) is 15.6. The Bertz CT molecular complexity index is 890. The van der Waals surface area contributed by atoms with E-state index in [4.69, 9.17) is 11.6 Å². The quantitative estimate of drug-likeness (QED) is 0.641. The molecule has 0 N–H and O–H groups in total. The third kappa shape index (κ3) is 3.24. The number of benzene rings is 1. The lowest BCUT2D eigenvalue weighted by atomic mass is 10.2. The van der Waals surface area contributed by atoms with Gasteiger partial charge in [-0.1, -0.05) is 29.8 Å². The molecular formula is C18H20ClN3OS. The van der Waals surface area contributed by atoms with Gasteiger partial charge in [-0.05, 0) is 33.2 Å². The van der Waals surface area contributed by atoms with Gasteiger partial charge < -0.3 is 9.80 Å². The molecule has 0 aliphatic carbocycles. The molecule has 4 nitrogen and oxygen atoms in total. The van der Waals surface area contributed by atoms with Crippen molar-refractivity contribution in [2.24, 2.45) is 0 Å². The SMILES string of the molecule is CCN(CCN(C)C)C(=O)c1cc2c(Cl)nc3ccccc3c2s1. The van der Waals surface area contributed by atoms with Crippen LogP contribution in [0.5, 0.6) is 0 Å². The second kappa shape index (κ2) is 7.05. The highest BCUT2D eigenvalue weighted by Crippen LogP contribution is 2.36. The molecule has 0 fully saturated rings. The van der Waals surface area contributed by atoms with Gasteiger partial charge in [-0.25, -0.2) is 4.98 Å². The Morgan fingerprint density at radius 2 is 1.96 bits per heavy atom. The number of fused-ring (bicyclic) bond motifs is 3. The van der Waals surface area contributed by atoms with E-state index in [9.17, 15) is 4.79 Å². The van der Waals surface area contributed by atoms with Crippen LogP contribution in [0.25, 0.3) is 21.0 Å². The van der Waals surface area contributed by atoms with E-state index in [1.807, 2.05) is 56.3 Å². The summed E-state index contributed by atoms with van der Waals surface area (Å²) in [5.74, 6) is 0.0562. The van der Waals surface area contributed by atoms with Crippen LogP contribution >= 0.6 is 22.9 Å². The van der Waals surface area contributed by atoms with Crippen LogP contribution in [0.15, 0.2) is 30.3 Å². The van der Waals surface area contributed by atoms with Gasteiger partial charge in [0.15, 0.2) is 0 Å². The first-order valence-electron chi connectivity index (χ1n) is 7.93. The summed E-state index contributed by atoms with van der Waals surface area (Å²) >= 11 is 7.83. The van der Waals surface area contributed by atoms with Gasteiger partial charge in [-0.15, -0.1) is 11.3 Å². The minimum atomic E-state index is 0.0562. The van der Waals surface area contributed by atoms with E-state index in [1.165, 1.54) is 11.3 Å². The topological polar surface area (TPSA) is 36.4 Å². The molecule has 0 saturated heterocycles. The molecular weight excluding hydrogens is 342 g/mol. The van der Waals surface area contributed by atoms with Gasteiger partial charge in [0.2, 0.25) is 0 Å².